The molecule has 0 unspecified atom stereocenters. The maximum absolute atomic E-state index is 11.7. The van der Waals surface area contributed by atoms with Gasteiger partial charge in [-0.3, -0.25) is 4.79 Å². The van der Waals surface area contributed by atoms with Crippen LogP contribution in [0.25, 0.3) is 0 Å². The first-order valence-corrected chi connectivity index (χ1v) is 5.20. The molecule has 2 aromatic rings. The summed E-state index contributed by atoms with van der Waals surface area (Å²) < 4.78 is 0. The van der Waals surface area contributed by atoms with Crippen molar-refractivity contribution in [1.82, 2.24) is 9.97 Å². The van der Waals surface area contributed by atoms with Crippen molar-refractivity contribution in [3.63, 3.8) is 0 Å². The number of ketones is 1. The molecule has 2 rings (SSSR count). The average Bonchev–Trinajstić information content (AvgIpc) is 2.75. The zero-order valence-electron chi connectivity index (χ0n) is 7.78. The second-order valence-corrected chi connectivity index (χ2v) is 4.04. The third-order valence-corrected chi connectivity index (χ3v) is 2.98. The number of Topliss-reactive ketones (excluding diaryl/α,β-unsaturated/α-hetero) is 1. The zero-order chi connectivity index (χ0) is 9.97. The molecule has 0 saturated carbocycles. The summed E-state index contributed by atoms with van der Waals surface area (Å²) in [5, 5.41) is 1.98. The van der Waals surface area contributed by atoms with Gasteiger partial charge < -0.3 is 4.98 Å². The number of nitrogens with zero attached hydrogens (tertiary/aromatic N) is 1. The number of H-pyrrole nitrogens is 1. The third-order valence-electron chi connectivity index (χ3n) is 1.89. The summed E-state index contributed by atoms with van der Waals surface area (Å²) in [5.74, 6) is 0.846. The van der Waals surface area contributed by atoms with Crippen LogP contribution in [0, 0.1) is 6.92 Å². The molecule has 2 aromatic heterocycles. The van der Waals surface area contributed by atoms with E-state index in [1.807, 2.05) is 18.4 Å². The molecule has 1 N–H and O–H groups in total. The van der Waals surface area contributed by atoms with Crippen LogP contribution in [0.1, 0.15) is 21.1 Å². The molecule has 72 valence electrons. The molecule has 0 saturated heterocycles. The second kappa shape index (κ2) is 3.75. The lowest BCUT2D eigenvalue weighted by atomic mass is 10.2. The van der Waals surface area contributed by atoms with Gasteiger partial charge in [-0.1, -0.05) is 0 Å². The molecule has 0 bridgehead atoms. The van der Waals surface area contributed by atoms with Crippen LogP contribution in [0.5, 0.6) is 0 Å². The smallest absolute Gasteiger partial charge is 0.180 e. The Kier molecular flexibility index (Phi) is 2.45. The van der Waals surface area contributed by atoms with Gasteiger partial charge in [-0.2, -0.15) is 0 Å². The van der Waals surface area contributed by atoms with Crippen molar-refractivity contribution in [2.75, 3.05) is 0 Å². The fourth-order valence-electron chi connectivity index (χ4n) is 1.21. The number of rotatable bonds is 3. The lowest BCUT2D eigenvalue weighted by Gasteiger charge is -1.93. The Hall–Kier alpha value is -1.42. The molecule has 0 atom stereocenters. The first-order valence-electron chi connectivity index (χ1n) is 4.32. The fraction of sp³-hybridized carbons (Fsp3) is 0.200. The maximum atomic E-state index is 11.7. The summed E-state index contributed by atoms with van der Waals surface area (Å²) in [5.41, 5.74) is 1.14. The number of carbonyl (C=O) groups is 1. The number of aromatic nitrogens is 2. The minimum Gasteiger partial charge on any atom is -0.348 e. The number of carbonyl (C=O) groups excluding carboxylic acids is 1. The van der Waals surface area contributed by atoms with E-state index in [-0.39, 0.29) is 5.78 Å². The highest BCUT2D eigenvalue weighted by Gasteiger charge is 2.09. The van der Waals surface area contributed by atoms with Gasteiger partial charge in [0.2, 0.25) is 0 Å². The SMILES string of the molecule is Cc1csc(C(=O)Cc2ncc[nH]2)c1. The predicted molar refractivity (Wildman–Crippen MR) is 55.7 cm³/mol. The third kappa shape index (κ3) is 1.90. The minimum atomic E-state index is 0.123. The molecular formula is C10H10N2OS. The van der Waals surface area contributed by atoms with E-state index in [0.29, 0.717) is 6.42 Å². The van der Waals surface area contributed by atoms with Gasteiger partial charge in [-0.15, -0.1) is 11.3 Å². The number of nitrogens with one attached hydrogen (secondary N) is 1. The van der Waals surface area contributed by atoms with E-state index >= 15 is 0 Å². The summed E-state index contributed by atoms with van der Waals surface area (Å²) in [6.07, 6.45) is 3.73. The summed E-state index contributed by atoms with van der Waals surface area (Å²) in [6, 6.07) is 1.91. The maximum Gasteiger partial charge on any atom is 0.180 e. The standard InChI is InChI=1S/C10H10N2OS/c1-7-4-9(14-6-7)8(13)5-10-11-2-3-12-10/h2-4,6H,5H2,1H3,(H,11,12). The van der Waals surface area contributed by atoms with Crippen LogP contribution < -0.4 is 0 Å². The van der Waals surface area contributed by atoms with Crippen LogP contribution in [0.15, 0.2) is 23.8 Å². The largest absolute Gasteiger partial charge is 0.348 e. The number of hydrogen-bond acceptors (Lipinski definition) is 3. The number of hydrogen-bond donors (Lipinski definition) is 1. The van der Waals surface area contributed by atoms with Crippen LogP contribution in [0.4, 0.5) is 0 Å². The number of aromatic amines is 1. The van der Waals surface area contributed by atoms with Crippen LogP contribution in [0.2, 0.25) is 0 Å². The molecule has 3 nitrogen and oxygen atoms in total. The Morgan fingerprint density at radius 1 is 1.64 bits per heavy atom. The molecular weight excluding hydrogens is 196 g/mol. The van der Waals surface area contributed by atoms with Gasteiger partial charge >= 0.3 is 0 Å². The minimum absolute atomic E-state index is 0.123. The molecule has 0 aliphatic rings. The van der Waals surface area contributed by atoms with Crippen molar-refractivity contribution in [3.8, 4) is 0 Å². The van der Waals surface area contributed by atoms with Gasteiger partial charge in [0.05, 0.1) is 11.3 Å². The molecule has 0 fully saturated rings. The molecule has 0 spiro atoms. The Balaban J connectivity index is 2.10. The lowest BCUT2D eigenvalue weighted by molar-refractivity contribution is 0.0995. The van der Waals surface area contributed by atoms with E-state index in [0.717, 1.165) is 16.3 Å². The predicted octanol–water partition coefficient (Wildman–Crippen LogP) is 2.21. The summed E-state index contributed by atoms with van der Waals surface area (Å²) in [7, 11) is 0. The molecule has 14 heavy (non-hydrogen) atoms. The molecule has 0 radical (unpaired) electrons. The average molecular weight is 206 g/mol. The highest BCUT2D eigenvalue weighted by molar-refractivity contribution is 7.12. The van der Waals surface area contributed by atoms with Crippen molar-refractivity contribution in [1.29, 1.82) is 0 Å². The normalized spacial score (nSPS) is 10.4. The van der Waals surface area contributed by atoms with Crippen LogP contribution >= 0.6 is 11.3 Å². The van der Waals surface area contributed by atoms with Crippen molar-refractivity contribution < 1.29 is 4.79 Å². The van der Waals surface area contributed by atoms with Crippen molar-refractivity contribution in [2.45, 2.75) is 13.3 Å². The second-order valence-electron chi connectivity index (χ2n) is 3.12. The van der Waals surface area contributed by atoms with Gasteiger partial charge in [0.25, 0.3) is 0 Å². The highest BCUT2D eigenvalue weighted by Crippen LogP contribution is 2.15. The quantitative estimate of drug-likeness (QED) is 0.782. The number of imidazole rings is 1. The molecule has 0 aliphatic carbocycles. The fourth-order valence-corrected chi connectivity index (χ4v) is 2.05. The van der Waals surface area contributed by atoms with E-state index in [2.05, 4.69) is 9.97 Å². The van der Waals surface area contributed by atoms with Gasteiger partial charge in [-0.05, 0) is 23.9 Å². The topological polar surface area (TPSA) is 45.8 Å². The summed E-state index contributed by atoms with van der Waals surface area (Å²) in [6.45, 7) is 1.99. The summed E-state index contributed by atoms with van der Waals surface area (Å²) >= 11 is 1.49. The van der Waals surface area contributed by atoms with Crippen molar-refractivity contribution >= 4 is 17.1 Å². The molecule has 0 aromatic carbocycles. The van der Waals surface area contributed by atoms with Crippen LogP contribution in [-0.2, 0) is 6.42 Å². The zero-order valence-corrected chi connectivity index (χ0v) is 8.60. The van der Waals surface area contributed by atoms with Gasteiger partial charge in [0.15, 0.2) is 5.78 Å². The lowest BCUT2D eigenvalue weighted by Crippen LogP contribution is -2.02. The monoisotopic (exact) mass is 206 g/mol. The Morgan fingerprint density at radius 2 is 2.50 bits per heavy atom. The first-order chi connectivity index (χ1) is 6.75. The van der Waals surface area contributed by atoms with Gasteiger partial charge in [-0.25, -0.2) is 4.98 Å². The van der Waals surface area contributed by atoms with E-state index in [4.69, 9.17) is 0 Å². The van der Waals surface area contributed by atoms with Crippen molar-refractivity contribution in [3.05, 3.63) is 40.1 Å². The van der Waals surface area contributed by atoms with E-state index in [1.54, 1.807) is 12.4 Å². The van der Waals surface area contributed by atoms with E-state index < -0.39 is 0 Å². The van der Waals surface area contributed by atoms with Crippen LogP contribution in [-0.4, -0.2) is 15.8 Å². The van der Waals surface area contributed by atoms with E-state index in [1.165, 1.54) is 11.3 Å². The first kappa shape index (κ1) is 9.15. The van der Waals surface area contributed by atoms with Crippen LogP contribution in [0.3, 0.4) is 0 Å². The molecule has 2 heterocycles. The van der Waals surface area contributed by atoms with E-state index in [9.17, 15) is 4.79 Å². The molecule has 0 aliphatic heterocycles. The number of thiophene rings is 1. The Labute approximate surface area is 85.8 Å². The Bertz CT molecular complexity index is 431. The number of aryl methyl sites for hydroxylation is 1. The van der Waals surface area contributed by atoms with Gasteiger partial charge in [0, 0.05) is 12.4 Å². The molecule has 0 amide bonds. The highest BCUT2D eigenvalue weighted by atomic mass is 32.1. The Morgan fingerprint density at radius 3 is 3.07 bits per heavy atom. The summed E-state index contributed by atoms with van der Waals surface area (Å²) in [4.78, 5) is 19.4. The molecule has 4 heteroatoms. The van der Waals surface area contributed by atoms with Crippen molar-refractivity contribution in [2.24, 2.45) is 0 Å². The van der Waals surface area contributed by atoms with Gasteiger partial charge in [0.1, 0.15) is 5.82 Å².